The number of aliphatic hydroxyl groups excluding tert-OH is 1. The SMILES string of the molecule is O=CO.O=c1cc(CN2CCC[C@]3(CCC[C@H]3O)C2)[nH]c2ccc(Cl)cc12. The van der Waals surface area contributed by atoms with Gasteiger partial charge in [-0.05, 0) is 50.4 Å². The van der Waals surface area contributed by atoms with E-state index in [1.54, 1.807) is 18.2 Å². The average Bonchev–Trinajstić information content (AvgIpc) is 2.96. The van der Waals surface area contributed by atoms with Crippen molar-refractivity contribution in [3.63, 3.8) is 0 Å². The van der Waals surface area contributed by atoms with E-state index >= 15 is 0 Å². The molecule has 2 aromatic rings. The quantitative estimate of drug-likeness (QED) is 0.683. The summed E-state index contributed by atoms with van der Waals surface area (Å²) < 4.78 is 0. The van der Waals surface area contributed by atoms with Crippen molar-refractivity contribution >= 4 is 29.0 Å². The maximum atomic E-state index is 12.4. The number of likely N-dealkylation sites (tertiary alicyclic amines) is 1. The van der Waals surface area contributed by atoms with E-state index in [1.165, 1.54) is 0 Å². The van der Waals surface area contributed by atoms with Crippen molar-refractivity contribution in [2.24, 2.45) is 5.41 Å². The molecule has 1 saturated heterocycles. The largest absolute Gasteiger partial charge is 0.483 e. The van der Waals surface area contributed by atoms with E-state index in [-0.39, 0.29) is 23.4 Å². The summed E-state index contributed by atoms with van der Waals surface area (Å²) in [5.74, 6) is 0. The molecule has 1 aliphatic heterocycles. The van der Waals surface area contributed by atoms with Gasteiger partial charge in [-0.25, -0.2) is 0 Å². The molecule has 0 radical (unpaired) electrons. The lowest BCUT2D eigenvalue weighted by molar-refractivity contribution is -0.122. The normalized spacial score (nSPS) is 25.3. The lowest BCUT2D eigenvalue weighted by Crippen LogP contribution is -2.46. The molecule has 0 amide bonds. The fraction of sp³-hybridized carbons (Fsp3) is 0.500. The monoisotopic (exact) mass is 392 g/mol. The van der Waals surface area contributed by atoms with Crippen LogP contribution in [-0.2, 0) is 11.3 Å². The van der Waals surface area contributed by atoms with Crippen LogP contribution >= 0.6 is 11.6 Å². The van der Waals surface area contributed by atoms with E-state index in [0.717, 1.165) is 62.9 Å². The topological polar surface area (TPSA) is 93.6 Å². The highest BCUT2D eigenvalue weighted by Crippen LogP contribution is 2.45. The fourth-order valence-corrected chi connectivity index (χ4v) is 4.76. The van der Waals surface area contributed by atoms with Crippen molar-refractivity contribution < 1.29 is 15.0 Å². The highest BCUT2D eigenvalue weighted by Gasteiger charge is 2.44. The molecule has 1 aromatic heterocycles. The summed E-state index contributed by atoms with van der Waals surface area (Å²) >= 11 is 5.98. The molecule has 6 nitrogen and oxygen atoms in total. The average molecular weight is 393 g/mol. The highest BCUT2D eigenvalue weighted by atomic mass is 35.5. The van der Waals surface area contributed by atoms with Gasteiger partial charge < -0.3 is 15.2 Å². The second-order valence-corrected chi connectivity index (χ2v) is 7.98. The lowest BCUT2D eigenvalue weighted by atomic mass is 9.76. The van der Waals surface area contributed by atoms with Gasteiger partial charge in [-0.3, -0.25) is 14.5 Å². The maximum Gasteiger partial charge on any atom is 0.290 e. The van der Waals surface area contributed by atoms with Gasteiger partial charge in [0.1, 0.15) is 0 Å². The number of pyridine rings is 1. The minimum Gasteiger partial charge on any atom is -0.483 e. The summed E-state index contributed by atoms with van der Waals surface area (Å²) in [6, 6.07) is 7.06. The van der Waals surface area contributed by atoms with Crippen LogP contribution < -0.4 is 5.43 Å². The molecule has 2 heterocycles. The zero-order valence-corrected chi connectivity index (χ0v) is 15.9. The standard InChI is InChI=1S/C19H23ClN2O2.CH2O2/c20-13-4-5-16-15(9-13)17(23)10-14(21-16)11-22-8-2-7-19(12-22)6-1-3-18(19)24;2-1-3/h4-5,9-10,18,24H,1-3,6-8,11-12H2,(H,21,23);1H,(H,2,3)/t18-,19-;/m1./s1. The van der Waals surface area contributed by atoms with E-state index < -0.39 is 0 Å². The number of halogens is 1. The molecule has 2 aliphatic rings. The molecule has 0 bridgehead atoms. The van der Waals surface area contributed by atoms with Crippen molar-refractivity contribution in [3.05, 3.63) is 45.2 Å². The summed E-state index contributed by atoms with van der Waals surface area (Å²) in [5.41, 5.74) is 1.84. The van der Waals surface area contributed by atoms with Gasteiger partial charge >= 0.3 is 0 Å². The first-order valence-electron chi connectivity index (χ1n) is 9.27. The number of fused-ring (bicyclic) bond motifs is 1. The number of nitrogens with zero attached hydrogens (tertiary/aromatic N) is 1. The van der Waals surface area contributed by atoms with Crippen LogP contribution in [0.25, 0.3) is 10.9 Å². The van der Waals surface area contributed by atoms with Crippen molar-refractivity contribution in [2.75, 3.05) is 13.1 Å². The number of aliphatic hydroxyl groups is 1. The van der Waals surface area contributed by atoms with Gasteiger partial charge in [0.05, 0.1) is 6.10 Å². The highest BCUT2D eigenvalue weighted by molar-refractivity contribution is 6.31. The summed E-state index contributed by atoms with van der Waals surface area (Å²) in [5, 5.41) is 18.5. The minimum absolute atomic E-state index is 0.00822. The Bertz CT molecular complexity index is 869. The number of aromatic amines is 1. The molecule has 146 valence electrons. The lowest BCUT2D eigenvalue weighted by Gasteiger charge is -2.42. The molecule has 4 rings (SSSR count). The third kappa shape index (κ3) is 4.34. The van der Waals surface area contributed by atoms with Crippen molar-refractivity contribution in [1.82, 2.24) is 9.88 Å². The Balaban J connectivity index is 0.000000659. The Labute approximate surface area is 162 Å². The molecular formula is C20H25ClN2O4. The number of rotatable bonds is 2. The van der Waals surface area contributed by atoms with Gasteiger partial charge in [0, 0.05) is 46.2 Å². The first-order chi connectivity index (χ1) is 13.0. The third-order valence-corrected chi connectivity index (χ3v) is 6.02. The number of benzene rings is 1. The van der Waals surface area contributed by atoms with Gasteiger partial charge in [-0.2, -0.15) is 0 Å². The van der Waals surface area contributed by atoms with Gasteiger partial charge in [-0.15, -0.1) is 0 Å². The van der Waals surface area contributed by atoms with Gasteiger partial charge in [0.15, 0.2) is 5.43 Å². The smallest absolute Gasteiger partial charge is 0.290 e. The molecule has 7 heteroatoms. The Hall–Kier alpha value is -1.89. The Morgan fingerprint density at radius 1 is 1.30 bits per heavy atom. The third-order valence-electron chi connectivity index (χ3n) is 5.79. The van der Waals surface area contributed by atoms with E-state index in [4.69, 9.17) is 21.5 Å². The Morgan fingerprint density at radius 2 is 2.04 bits per heavy atom. The maximum absolute atomic E-state index is 12.4. The number of carbonyl (C=O) groups is 1. The van der Waals surface area contributed by atoms with Crippen LogP contribution in [0.15, 0.2) is 29.1 Å². The predicted octanol–water partition coefficient (Wildman–Crippen LogP) is 3.01. The molecular weight excluding hydrogens is 368 g/mol. The zero-order chi connectivity index (χ0) is 19.4. The number of nitrogens with one attached hydrogen (secondary N) is 1. The van der Waals surface area contributed by atoms with Crippen molar-refractivity contribution in [1.29, 1.82) is 0 Å². The molecule has 1 aliphatic carbocycles. The molecule has 0 unspecified atom stereocenters. The predicted molar refractivity (Wildman–Crippen MR) is 105 cm³/mol. The Morgan fingerprint density at radius 3 is 2.74 bits per heavy atom. The van der Waals surface area contributed by atoms with E-state index in [1.807, 2.05) is 6.07 Å². The van der Waals surface area contributed by atoms with Crippen LogP contribution in [0.5, 0.6) is 0 Å². The van der Waals surface area contributed by atoms with Crippen molar-refractivity contribution in [2.45, 2.75) is 44.8 Å². The summed E-state index contributed by atoms with van der Waals surface area (Å²) in [6.45, 7) is 2.42. The molecule has 1 saturated carbocycles. The molecule has 27 heavy (non-hydrogen) atoms. The number of hydrogen-bond acceptors (Lipinski definition) is 4. The fourth-order valence-electron chi connectivity index (χ4n) is 4.59. The van der Waals surface area contributed by atoms with E-state index in [2.05, 4.69) is 9.88 Å². The Kier molecular flexibility index (Phi) is 6.19. The second-order valence-electron chi connectivity index (χ2n) is 7.54. The number of H-pyrrole nitrogens is 1. The van der Waals surface area contributed by atoms with Gasteiger partial charge in [0.25, 0.3) is 6.47 Å². The first-order valence-corrected chi connectivity index (χ1v) is 9.65. The summed E-state index contributed by atoms with van der Waals surface area (Å²) in [4.78, 5) is 26.5. The molecule has 2 atom stereocenters. The van der Waals surface area contributed by atoms with Gasteiger partial charge in [0.2, 0.25) is 0 Å². The molecule has 1 aromatic carbocycles. The minimum atomic E-state index is -0.250. The van der Waals surface area contributed by atoms with E-state index in [0.29, 0.717) is 10.4 Å². The second kappa shape index (κ2) is 8.42. The summed E-state index contributed by atoms with van der Waals surface area (Å²) in [6.07, 6.45) is 5.25. The van der Waals surface area contributed by atoms with Gasteiger partial charge in [-0.1, -0.05) is 18.0 Å². The van der Waals surface area contributed by atoms with Crippen LogP contribution in [0.3, 0.4) is 0 Å². The van der Waals surface area contributed by atoms with Crippen molar-refractivity contribution in [3.8, 4) is 0 Å². The van der Waals surface area contributed by atoms with Crippen LogP contribution in [0.1, 0.15) is 37.8 Å². The van der Waals surface area contributed by atoms with E-state index in [9.17, 15) is 9.90 Å². The first kappa shape index (κ1) is 19.9. The number of piperidine rings is 1. The van der Waals surface area contributed by atoms with Crippen LogP contribution in [0.2, 0.25) is 5.02 Å². The number of aromatic nitrogens is 1. The molecule has 1 spiro atoms. The molecule has 3 N–H and O–H groups in total. The number of hydrogen-bond donors (Lipinski definition) is 3. The molecule has 2 fully saturated rings. The zero-order valence-electron chi connectivity index (χ0n) is 15.2. The van der Waals surface area contributed by atoms with Crippen LogP contribution in [0, 0.1) is 5.41 Å². The van der Waals surface area contributed by atoms with Crippen LogP contribution in [0.4, 0.5) is 0 Å². The van der Waals surface area contributed by atoms with Crippen LogP contribution in [-0.4, -0.2) is 45.8 Å². The summed E-state index contributed by atoms with van der Waals surface area (Å²) in [7, 11) is 0. The number of carboxylic acid groups (broad SMARTS) is 1.